The van der Waals surface area contributed by atoms with Crippen molar-refractivity contribution in [1.82, 2.24) is 5.32 Å². The van der Waals surface area contributed by atoms with Gasteiger partial charge in [0.2, 0.25) is 0 Å². The smallest absolute Gasteiger partial charge is 0.159 e. The molecule has 0 aromatic heterocycles. The number of amidine groups is 1. The van der Waals surface area contributed by atoms with E-state index in [4.69, 9.17) is 9.47 Å². The molecule has 6 atom stereocenters. The molecule has 2 aliphatic rings. The Morgan fingerprint density at radius 2 is 2.04 bits per heavy atom. The van der Waals surface area contributed by atoms with Gasteiger partial charge in [0.25, 0.3) is 0 Å². The second-order valence-corrected chi connectivity index (χ2v) is 7.00. The summed E-state index contributed by atoms with van der Waals surface area (Å²) in [5.74, 6) is -0.300. The Labute approximate surface area is 144 Å². The third-order valence-corrected chi connectivity index (χ3v) is 5.41. The van der Waals surface area contributed by atoms with Crippen LogP contribution in [-0.2, 0) is 16.1 Å². The minimum atomic E-state index is -1.07. The van der Waals surface area contributed by atoms with Crippen LogP contribution in [0.1, 0.15) is 12.5 Å². The van der Waals surface area contributed by atoms with Gasteiger partial charge in [0.15, 0.2) is 5.17 Å². The highest BCUT2D eigenvalue weighted by Gasteiger charge is 2.50. The molecule has 1 aromatic rings. The van der Waals surface area contributed by atoms with Crippen LogP contribution in [0.5, 0.6) is 0 Å². The third-order valence-electron chi connectivity index (χ3n) is 4.25. The van der Waals surface area contributed by atoms with Crippen LogP contribution in [-0.4, -0.2) is 58.3 Å². The lowest BCUT2D eigenvalue weighted by atomic mass is 9.95. The lowest BCUT2D eigenvalue weighted by Crippen LogP contribution is -2.61. The molecule has 2 fully saturated rings. The molecular formula is C16H21FN2O4S. The van der Waals surface area contributed by atoms with Crippen LogP contribution in [0.4, 0.5) is 4.39 Å². The minimum Gasteiger partial charge on any atom is -0.388 e. The van der Waals surface area contributed by atoms with E-state index in [0.29, 0.717) is 5.17 Å². The number of fused-ring (bicyclic) bond motifs is 1. The summed E-state index contributed by atoms with van der Waals surface area (Å²) in [6.07, 6.45) is -3.15. The molecule has 0 aliphatic carbocycles. The van der Waals surface area contributed by atoms with Crippen molar-refractivity contribution in [2.45, 2.75) is 49.4 Å². The van der Waals surface area contributed by atoms with E-state index in [2.05, 4.69) is 10.3 Å². The lowest BCUT2D eigenvalue weighted by Gasteiger charge is -2.41. The molecule has 3 rings (SSSR count). The first-order valence-corrected chi connectivity index (χ1v) is 8.65. The van der Waals surface area contributed by atoms with E-state index < -0.39 is 30.5 Å². The van der Waals surface area contributed by atoms with Gasteiger partial charge in [0, 0.05) is 7.05 Å². The Morgan fingerprint density at radius 1 is 1.33 bits per heavy atom. The standard InChI is InChI=1S/C16H21FN2O4S/c1-8(22-7-9-3-5-10(17)6-4-9)14-13(21)12(20)11-15(23-14)24-16(18-2)19-11/h3-6,8,11-15,20-21H,7H2,1-2H3,(H,18,19)/t8-,11+,12+,13-,14+,15+/m0/s1. The van der Waals surface area contributed by atoms with Crippen molar-refractivity contribution >= 4 is 16.9 Å². The van der Waals surface area contributed by atoms with Gasteiger partial charge in [0.1, 0.15) is 29.6 Å². The van der Waals surface area contributed by atoms with Gasteiger partial charge < -0.3 is 25.0 Å². The van der Waals surface area contributed by atoms with Crippen molar-refractivity contribution in [3.05, 3.63) is 35.6 Å². The topological polar surface area (TPSA) is 83.3 Å². The molecule has 24 heavy (non-hydrogen) atoms. The van der Waals surface area contributed by atoms with Gasteiger partial charge in [0.05, 0.1) is 18.8 Å². The number of hydrogen-bond acceptors (Lipinski definition) is 6. The number of hydrogen-bond donors (Lipinski definition) is 3. The molecule has 3 N–H and O–H groups in total. The Morgan fingerprint density at radius 3 is 2.71 bits per heavy atom. The number of nitrogens with one attached hydrogen (secondary N) is 1. The molecule has 0 saturated carbocycles. The van der Waals surface area contributed by atoms with Gasteiger partial charge in [-0.3, -0.25) is 4.99 Å². The fraction of sp³-hybridized carbons (Fsp3) is 0.562. The third kappa shape index (κ3) is 3.57. The van der Waals surface area contributed by atoms with Crippen LogP contribution in [0, 0.1) is 5.82 Å². The summed E-state index contributed by atoms with van der Waals surface area (Å²) in [7, 11) is 1.65. The normalized spacial score (nSPS) is 35.5. The van der Waals surface area contributed by atoms with Crippen molar-refractivity contribution in [1.29, 1.82) is 0 Å². The van der Waals surface area contributed by atoms with E-state index in [1.807, 2.05) is 0 Å². The van der Waals surface area contributed by atoms with Crippen LogP contribution in [0.25, 0.3) is 0 Å². The molecular weight excluding hydrogens is 335 g/mol. The Hall–Kier alpha value is -1.19. The second kappa shape index (κ2) is 7.37. The molecule has 1 aromatic carbocycles. The Kier molecular flexibility index (Phi) is 5.41. The Balaban J connectivity index is 1.62. The average Bonchev–Trinajstić information content (AvgIpc) is 3.01. The number of nitrogens with zero attached hydrogens (tertiary/aromatic N) is 1. The fourth-order valence-corrected chi connectivity index (χ4v) is 3.93. The van der Waals surface area contributed by atoms with Crippen LogP contribution in [0.2, 0.25) is 0 Å². The zero-order chi connectivity index (χ0) is 17.3. The first-order chi connectivity index (χ1) is 11.5. The van der Waals surface area contributed by atoms with Crippen LogP contribution >= 0.6 is 11.8 Å². The van der Waals surface area contributed by atoms with Gasteiger partial charge in [-0.15, -0.1) is 0 Å². The predicted octanol–water partition coefficient (Wildman–Crippen LogP) is 0.868. The maximum Gasteiger partial charge on any atom is 0.159 e. The minimum absolute atomic E-state index is 0.269. The molecule has 2 saturated heterocycles. The predicted molar refractivity (Wildman–Crippen MR) is 89.2 cm³/mol. The van der Waals surface area contributed by atoms with Gasteiger partial charge in [-0.1, -0.05) is 23.9 Å². The van der Waals surface area contributed by atoms with E-state index in [1.165, 1.54) is 23.9 Å². The number of aliphatic hydroxyl groups is 2. The van der Waals surface area contributed by atoms with E-state index in [-0.39, 0.29) is 17.9 Å². The maximum atomic E-state index is 12.9. The number of ether oxygens (including phenoxy) is 2. The largest absolute Gasteiger partial charge is 0.388 e. The number of aliphatic imine (C=N–C) groups is 1. The summed E-state index contributed by atoms with van der Waals surface area (Å²) in [4.78, 5) is 4.06. The summed E-state index contributed by atoms with van der Waals surface area (Å²) >= 11 is 1.39. The number of aliphatic hydroxyl groups excluding tert-OH is 2. The quantitative estimate of drug-likeness (QED) is 0.743. The Bertz CT molecular complexity index is 600. The summed E-state index contributed by atoms with van der Waals surface area (Å²) in [5, 5.41) is 24.4. The summed E-state index contributed by atoms with van der Waals surface area (Å²) in [5.41, 5.74) is 0.494. The highest BCUT2D eigenvalue weighted by Crippen LogP contribution is 2.35. The zero-order valence-electron chi connectivity index (χ0n) is 13.4. The van der Waals surface area contributed by atoms with Crippen LogP contribution < -0.4 is 5.32 Å². The number of thioether (sulfide) groups is 1. The van der Waals surface area contributed by atoms with Crippen LogP contribution in [0.15, 0.2) is 29.3 Å². The zero-order valence-corrected chi connectivity index (χ0v) is 14.2. The molecule has 0 radical (unpaired) electrons. The fourth-order valence-electron chi connectivity index (χ4n) is 2.84. The van der Waals surface area contributed by atoms with E-state index in [0.717, 1.165) is 5.56 Å². The van der Waals surface area contributed by atoms with Crippen molar-refractivity contribution in [3.63, 3.8) is 0 Å². The molecule has 8 heteroatoms. The summed E-state index contributed by atoms with van der Waals surface area (Å²) in [6, 6.07) is 5.63. The summed E-state index contributed by atoms with van der Waals surface area (Å²) < 4.78 is 24.6. The van der Waals surface area contributed by atoms with Gasteiger partial charge in [-0.25, -0.2) is 4.39 Å². The number of benzene rings is 1. The van der Waals surface area contributed by atoms with Crippen molar-refractivity contribution < 1.29 is 24.1 Å². The number of halogens is 1. The van der Waals surface area contributed by atoms with Crippen molar-refractivity contribution in [2.75, 3.05) is 7.05 Å². The molecule has 0 unspecified atom stereocenters. The molecule has 0 bridgehead atoms. The molecule has 6 nitrogen and oxygen atoms in total. The highest BCUT2D eigenvalue weighted by molar-refractivity contribution is 8.14. The first kappa shape index (κ1) is 17.6. The van der Waals surface area contributed by atoms with E-state index >= 15 is 0 Å². The van der Waals surface area contributed by atoms with Gasteiger partial charge in [-0.2, -0.15) is 0 Å². The molecule has 2 aliphatic heterocycles. The van der Waals surface area contributed by atoms with Gasteiger partial charge in [-0.05, 0) is 24.6 Å². The monoisotopic (exact) mass is 356 g/mol. The van der Waals surface area contributed by atoms with Gasteiger partial charge >= 0.3 is 0 Å². The molecule has 2 heterocycles. The molecule has 0 amide bonds. The van der Waals surface area contributed by atoms with Crippen LogP contribution in [0.3, 0.4) is 0 Å². The first-order valence-electron chi connectivity index (χ1n) is 7.77. The van der Waals surface area contributed by atoms with E-state index in [9.17, 15) is 14.6 Å². The molecule has 132 valence electrons. The summed E-state index contributed by atoms with van der Waals surface area (Å²) in [6.45, 7) is 2.05. The highest BCUT2D eigenvalue weighted by atomic mass is 32.2. The lowest BCUT2D eigenvalue weighted by molar-refractivity contribution is -0.195. The number of rotatable bonds is 4. The van der Waals surface area contributed by atoms with E-state index in [1.54, 1.807) is 26.1 Å². The maximum absolute atomic E-state index is 12.9. The SMILES string of the molecule is CN=C1N[C@@H]2[C@@H](O)[C@H](O)[C@@H]([C@H](C)OCc3ccc(F)cc3)O[C@@H]2S1. The molecule has 0 spiro atoms. The second-order valence-electron chi connectivity index (χ2n) is 5.91. The van der Waals surface area contributed by atoms with Crippen molar-refractivity contribution in [3.8, 4) is 0 Å². The average molecular weight is 356 g/mol. The van der Waals surface area contributed by atoms with Crippen molar-refractivity contribution in [2.24, 2.45) is 4.99 Å².